The number of nitrogens with one attached hydrogen (secondary N) is 1. The van der Waals surface area contributed by atoms with E-state index in [1.54, 1.807) is 12.1 Å². The Hall–Kier alpha value is -2.67. The molecule has 0 fully saturated rings. The quantitative estimate of drug-likeness (QED) is 0.516. The minimum Gasteiger partial charge on any atom is -0.392 e. The van der Waals surface area contributed by atoms with Gasteiger partial charge in [-0.2, -0.15) is 0 Å². The number of rotatable bonds is 3. The van der Waals surface area contributed by atoms with Gasteiger partial charge in [-0.15, -0.1) is 0 Å². The molecule has 6 nitrogen and oxygen atoms in total. The van der Waals surface area contributed by atoms with Crippen LogP contribution in [0.5, 0.6) is 0 Å². The zero-order valence-electron chi connectivity index (χ0n) is 10.5. The van der Waals surface area contributed by atoms with Crippen molar-refractivity contribution in [2.75, 3.05) is 11.1 Å². The predicted octanol–water partition coefficient (Wildman–Crippen LogP) is 3.22. The fraction of sp³-hybridized carbons (Fsp3) is 0. The maximum absolute atomic E-state index is 13.8. The summed E-state index contributed by atoms with van der Waals surface area (Å²) in [6.45, 7) is 0. The average Bonchev–Trinajstić information content (AvgIpc) is 2.41. The number of amides is 1. The molecule has 108 valence electrons. The predicted molar refractivity (Wildman–Crippen MR) is 76.9 cm³/mol. The van der Waals surface area contributed by atoms with Crippen LogP contribution >= 0.6 is 11.6 Å². The number of nitro benzene ring substituents is 1. The van der Waals surface area contributed by atoms with Crippen LogP contribution in [-0.4, -0.2) is 10.8 Å². The third-order valence-electron chi connectivity index (χ3n) is 2.72. The molecule has 0 aliphatic heterocycles. The van der Waals surface area contributed by atoms with E-state index in [2.05, 4.69) is 5.32 Å². The lowest BCUT2D eigenvalue weighted by atomic mass is 10.1. The Morgan fingerprint density at radius 1 is 1.29 bits per heavy atom. The number of benzene rings is 2. The lowest BCUT2D eigenvalue weighted by molar-refractivity contribution is -0.384. The van der Waals surface area contributed by atoms with E-state index < -0.39 is 33.6 Å². The van der Waals surface area contributed by atoms with E-state index in [4.69, 9.17) is 17.3 Å². The maximum Gasteiger partial charge on any atom is 0.293 e. The van der Waals surface area contributed by atoms with Crippen molar-refractivity contribution >= 4 is 34.6 Å². The zero-order valence-corrected chi connectivity index (χ0v) is 11.2. The summed E-state index contributed by atoms with van der Waals surface area (Å²) in [5.74, 6) is -1.87. The lowest BCUT2D eigenvalue weighted by Crippen LogP contribution is -2.17. The summed E-state index contributed by atoms with van der Waals surface area (Å²) < 4.78 is 13.8. The normalized spacial score (nSPS) is 10.2. The smallest absolute Gasteiger partial charge is 0.293 e. The molecule has 2 aromatic rings. The average molecular weight is 310 g/mol. The summed E-state index contributed by atoms with van der Waals surface area (Å²) in [7, 11) is 0. The maximum atomic E-state index is 13.8. The molecular weight excluding hydrogens is 301 g/mol. The first-order chi connectivity index (χ1) is 9.91. The third-order valence-corrected chi connectivity index (χ3v) is 3.05. The van der Waals surface area contributed by atoms with Crippen molar-refractivity contribution in [2.45, 2.75) is 0 Å². The first-order valence-corrected chi connectivity index (χ1v) is 6.08. The molecule has 0 aromatic heterocycles. The van der Waals surface area contributed by atoms with E-state index in [1.807, 2.05) is 0 Å². The van der Waals surface area contributed by atoms with E-state index in [9.17, 15) is 19.3 Å². The molecule has 0 heterocycles. The number of nitrogen functional groups attached to an aromatic ring is 1. The van der Waals surface area contributed by atoms with Crippen molar-refractivity contribution < 1.29 is 14.1 Å². The Morgan fingerprint density at radius 3 is 2.57 bits per heavy atom. The highest BCUT2D eigenvalue weighted by molar-refractivity contribution is 6.34. The second kappa shape index (κ2) is 5.76. The number of carbonyl (C=O) groups is 1. The minimum absolute atomic E-state index is 0.245. The number of hydrogen-bond acceptors (Lipinski definition) is 4. The van der Waals surface area contributed by atoms with E-state index in [1.165, 1.54) is 12.1 Å². The Balaban J connectivity index is 2.42. The van der Waals surface area contributed by atoms with Gasteiger partial charge in [0.15, 0.2) is 0 Å². The summed E-state index contributed by atoms with van der Waals surface area (Å²) >= 11 is 5.87. The minimum atomic E-state index is -0.956. The van der Waals surface area contributed by atoms with Gasteiger partial charge in [0.1, 0.15) is 17.1 Å². The van der Waals surface area contributed by atoms with Gasteiger partial charge < -0.3 is 11.1 Å². The molecule has 0 saturated heterocycles. The van der Waals surface area contributed by atoms with Crippen molar-refractivity contribution in [1.82, 2.24) is 0 Å². The highest BCUT2D eigenvalue weighted by Gasteiger charge is 2.24. The summed E-state index contributed by atoms with van der Waals surface area (Å²) in [5.41, 5.74) is 4.08. The van der Waals surface area contributed by atoms with Gasteiger partial charge >= 0.3 is 0 Å². The molecule has 2 aromatic carbocycles. The molecule has 0 unspecified atom stereocenters. The standard InChI is InChI=1S/C13H9ClFN3O3/c14-7-3-1-2-4-9(7)17-13(19)11-8(15)5-6-10(12(11)16)18(20)21/h1-6H,16H2,(H,17,19). The van der Waals surface area contributed by atoms with Gasteiger partial charge in [-0.25, -0.2) is 4.39 Å². The SMILES string of the molecule is Nc1c([N+](=O)[O-])ccc(F)c1C(=O)Nc1ccccc1Cl. The number of carbonyl (C=O) groups excluding carboxylic acids is 1. The molecule has 2 rings (SSSR count). The Kier molecular flexibility index (Phi) is 4.04. The topological polar surface area (TPSA) is 98.3 Å². The molecular formula is C13H9ClFN3O3. The Bertz CT molecular complexity index is 737. The van der Waals surface area contributed by atoms with Gasteiger partial charge in [0, 0.05) is 6.07 Å². The van der Waals surface area contributed by atoms with Gasteiger partial charge in [0.05, 0.1) is 15.6 Å². The summed E-state index contributed by atoms with van der Waals surface area (Å²) in [6.07, 6.45) is 0. The number of para-hydroxylation sites is 1. The van der Waals surface area contributed by atoms with Crippen LogP contribution in [0.25, 0.3) is 0 Å². The Labute approximate surface area is 123 Å². The van der Waals surface area contributed by atoms with Gasteiger partial charge in [-0.05, 0) is 18.2 Å². The van der Waals surface area contributed by atoms with Crippen molar-refractivity contribution in [2.24, 2.45) is 0 Å². The third kappa shape index (κ3) is 2.92. The van der Waals surface area contributed by atoms with E-state index in [0.717, 1.165) is 12.1 Å². The first kappa shape index (κ1) is 14.7. The molecule has 0 saturated carbocycles. The number of nitrogens with two attached hydrogens (primary N) is 1. The number of hydrogen-bond donors (Lipinski definition) is 2. The number of nitro groups is 1. The van der Waals surface area contributed by atoms with Crippen LogP contribution in [0, 0.1) is 15.9 Å². The monoisotopic (exact) mass is 309 g/mol. The molecule has 0 radical (unpaired) electrons. The van der Waals surface area contributed by atoms with Gasteiger partial charge in [-0.1, -0.05) is 23.7 Å². The summed E-state index contributed by atoms with van der Waals surface area (Å²) in [5, 5.41) is 13.4. The van der Waals surface area contributed by atoms with Crippen LogP contribution in [0.1, 0.15) is 10.4 Å². The van der Waals surface area contributed by atoms with Crippen molar-refractivity contribution in [3.8, 4) is 0 Å². The highest BCUT2D eigenvalue weighted by atomic mass is 35.5. The molecule has 0 aliphatic carbocycles. The molecule has 3 N–H and O–H groups in total. The molecule has 0 atom stereocenters. The second-order valence-electron chi connectivity index (χ2n) is 4.05. The number of anilines is 2. The van der Waals surface area contributed by atoms with Crippen molar-refractivity contribution in [3.05, 3.63) is 62.9 Å². The fourth-order valence-electron chi connectivity index (χ4n) is 1.72. The van der Waals surface area contributed by atoms with Crippen LogP contribution < -0.4 is 11.1 Å². The van der Waals surface area contributed by atoms with Crippen LogP contribution in [0.3, 0.4) is 0 Å². The van der Waals surface area contributed by atoms with Gasteiger partial charge in [0.25, 0.3) is 11.6 Å². The van der Waals surface area contributed by atoms with E-state index in [-0.39, 0.29) is 10.7 Å². The molecule has 0 bridgehead atoms. The van der Waals surface area contributed by atoms with E-state index in [0.29, 0.717) is 0 Å². The molecule has 0 spiro atoms. The van der Waals surface area contributed by atoms with Crippen LogP contribution in [0.4, 0.5) is 21.5 Å². The molecule has 21 heavy (non-hydrogen) atoms. The Morgan fingerprint density at radius 2 is 1.95 bits per heavy atom. The molecule has 8 heteroatoms. The number of nitrogens with zero attached hydrogens (tertiary/aromatic N) is 1. The van der Waals surface area contributed by atoms with Crippen molar-refractivity contribution in [1.29, 1.82) is 0 Å². The fourth-order valence-corrected chi connectivity index (χ4v) is 1.90. The van der Waals surface area contributed by atoms with E-state index >= 15 is 0 Å². The molecule has 1 amide bonds. The van der Waals surface area contributed by atoms with Crippen molar-refractivity contribution in [3.63, 3.8) is 0 Å². The largest absolute Gasteiger partial charge is 0.392 e. The second-order valence-corrected chi connectivity index (χ2v) is 4.45. The van der Waals surface area contributed by atoms with Crippen LogP contribution in [0.2, 0.25) is 5.02 Å². The van der Waals surface area contributed by atoms with Crippen LogP contribution in [-0.2, 0) is 0 Å². The zero-order chi connectivity index (χ0) is 15.6. The lowest BCUT2D eigenvalue weighted by Gasteiger charge is -2.09. The highest BCUT2D eigenvalue weighted by Crippen LogP contribution is 2.29. The number of halogens is 2. The molecule has 0 aliphatic rings. The summed E-state index contributed by atoms with van der Waals surface area (Å²) in [4.78, 5) is 22.1. The first-order valence-electron chi connectivity index (χ1n) is 5.70. The van der Waals surface area contributed by atoms with Crippen LogP contribution in [0.15, 0.2) is 36.4 Å². The summed E-state index contributed by atoms with van der Waals surface area (Å²) in [6, 6.07) is 8.03. The van der Waals surface area contributed by atoms with Gasteiger partial charge in [-0.3, -0.25) is 14.9 Å². The van der Waals surface area contributed by atoms with Gasteiger partial charge in [0.2, 0.25) is 0 Å².